The summed E-state index contributed by atoms with van der Waals surface area (Å²) in [6, 6.07) is 13.3. The number of cyclic esters (lactones) is 1. The number of hydrogen-bond acceptors (Lipinski definition) is 8. The van der Waals surface area contributed by atoms with Crippen LogP contribution in [0.3, 0.4) is 0 Å². The Morgan fingerprint density at radius 3 is 3.06 bits per heavy atom. The van der Waals surface area contributed by atoms with Gasteiger partial charge >= 0.3 is 6.09 Å². The first kappa shape index (κ1) is 19.8. The van der Waals surface area contributed by atoms with Crippen LogP contribution in [0.2, 0.25) is 0 Å². The molecule has 2 aromatic carbocycles. The number of amides is 1. The minimum atomic E-state index is -0.454. The summed E-state index contributed by atoms with van der Waals surface area (Å²) in [5.41, 5.74) is 4.23. The van der Waals surface area contributed by atoms with Crippen LogP contribution < -0.4 is 15.5 Å². The van der Waals surface area contributed by atoms with Crippen molar-refractivity contribution in [3.63, 3.8) is 0 Å². The van der Waals surface area contributed by atoms with Crippen molar-refractivity contribution in [2.45, 2.75) is 13.0 Å². The lowest BCUT2D eigenvalue weighted by Gasteiger charge is -2.24. The van der Waals surface area contributed by atoms with Gasteiger partial charge in [-0.05, 0) is 42.8 Å². The number of aliphatic hydroxyl groups excluding tert-OH is 1. The average molecular weight is 431 g/mol. The molecule has 1 aliphatic heterocycles. The van der Waals surface area contributed by atoms with Gasteiger partial charge in [0.15, 0.2) is 0 Å². The molecule has 0 atom stereocenters. The van der Waals surface area contributed by atoms with Crippen LogP contribution in [0.5, 0.6) is 0 Å². The Morgan fingerprint density at radius 2 is 2.16 bits per heavy atom. The molecule has 0 saturated heterocycles. The fourth-order valence-corrected chi connectivity index (χ4v) is 3.67. The smallest absolute Gasteiger partial charge is 0.411 e. The highest BCUT2D eigenvalue weighted by Crippen LogP contribution is 2.31. The van der Waals surface area contributed by atoms with E-state index in [0.717, 1.165) is 33.5 Å². The monoisotopic (exact) mass is 431 g/mol. The number of H-pyrrole nitrogens is 1. The molecule has 1 amide bonds. The summed E-state index contributed by atoms with van der Waals surface area (Å²) in [4.78, 5) is 22.5. The first-order valence-corrected chi connectivity index (χ1v) is 10.2. The third-order valence-corrected chi connectivity index (χ3v) is 5.17. The zero-order chi connectivity index (χ0) is 21.9. The summed E-state index contributed by atoms with van der Waals surface area (Å²) in [6.07, 6.45) is 3.60. The zero-order valence-corrected chi connectivity index (χ0v) is 17.1. The second kappa shape index (κ2) is 8.52. The zero-order valence-electron chi connectivity index (χ0n) is 17.1. The molecule has 0 bridgehead atoms. The van der Waals surface area contributed by atoms with E-state index in [0.29, 0.717) is 24.7 Å². The van der Waals surface area contributed by atoms with Crippen LogP contribution in [-0.2, 0) is 11.3 Å². The van der Waals surface area contributed by atoms with Gasteiger partial charge in [0.25, 0.3) is 0 Å². The van der Waals surface area contributed by atoms with Gasteiger partial charge in [-0.15, -0.1) is 0 Å². The number of nitrogens with zero attached hydrogens (tertiary/aromatic N) is 4. The molecule has 1 aliphatic rings. The van der Waals surface area contributed by atoms with E-state index in [4.69, 9.17) is 9.72 Å². The van der Waals surface area contributed by atoms with Gasteiger partial charge in [-0.3, -0.25) is 10.4 Å². The molecule has 4 aromatic rings. The molecule has 0 saturated carbocycles. The molecular weight excluding hydrogens is 410 g/mol. The van der Waals surface area contributed by atoms with Crippen molar-refractivity contribution in [2.24, 2.45) is 0 Å². The van der Waals surface area contributed by atoms with E-state index in [9.17, 15) is 9.90 Å². The number of carbonyl (C=O) groups excluding carboxylic acids is 1. The molecule has 0 radical (unpaired) electrons. The molecule has 2 aromatic heterocycles. The van der Waals surface area contributed by atoms with Crippen LogP contribution >= 0.6 is 0 Å². The summed E-state index contributed by atoms with van der Waals surface area (Å²) in [7, 11) is 0. The largest absolute Gasteiger partial charge is 0.444 e. The van der Waals surface area contributed by atoms with Gasteiger partial charge in [-0.1, -0.05) is 6.07 Å². The van der Waals surface area contributed by atoms with E-state index in [1.165, 1.54) is 0 Å². The average Bonchev–Trinajstić information content (AvgIpc) is 3.29. The Bertz CT molecular complexity index is 1270. The lowest BCUT2D eigenvalue weighted by molar-refractivity contribution is 0.151. The molecule has 0 fully saturated rings. The van der Waals surface area contributed by atoms with Crippen molar-refractivity contribution in [1.29, 1.82) is 0 Å². The second-order valence-electron chi connectivity index (χ2n) is 7.27. The van der Waals surface area contributed by atoms with Gasteiger partial charge in [0, 0.05) is 36.0 Å². The van der Waals surface area contributed by atoms with Crippen molar-refractivity contribution >= 4 is 45.8 Å². The number of aromatic nitrogens is 4. The first-order valence-electron chi connectivity index (χ1n) is 10.2. The minimum absolute atomic E-state index is 0.0712. The molecule has 32 heavy (non-hydrogen) atoms. The highest BCUT2D eigenvalue weighted by Gasteiger charge is 2.17. The molecule has 5 rings (SSSR count). The number of anilines is 5. The molecule has 0 unspecified atom stereocenters. The molecule has 10 nitrogen and oxygen atoms in total. The lowest BCUT2D eigenvalue weighted by atomic mass is 10.1. The number of fused-ring (bicyclic) bond motifs is 2. The third kappa shape index (κ3) is 3.91. The molecule has 10 heteroatoms. The van der Waals surface area contributed by atoms with Gasteiger partial charge in [0.05, 0.1) is 23.1 Å². The molecule has 0 aliphatic carbocycles. The third-order valence-electron chi connectivity index (χ3n) is 5.17. The van der Waals surface area contributed by atoms with Gasteiger partial charge in [0.2, 0.25) is 5.95 Å². The van der Waals surface area contributed by atoms with E-state index >= 15 is 0 Å². The minimum Gasteiger partial charge on any atom is -0.444 e. The van der Waals surface area contributed by atoms with Crippen LogP contribution in [0.4, 0.5) is 33.6 Å². The van der Waals surface area contributed by atoms with Crippen LogP contribution in [0.25, 0.3) is 10.9 Å². The van der Waals surface area contributed by atoms with Crippen molar-refractivity contribution in [1.82, 2.24) is 20.2 Å². The molecule has 3 heterocycles. The van der Waals surface area contributed by atoms with Crippen LogP contribution in [0.15, 0.2) is 54.9 Å². The van der Waals surface area contributed by atoms with Crippen LogP contribution in [-0.4, -0.2) is 44.5 Å². The predicted octanol–water partition coefficient (Wildman–Crippen LogP) is 3.68. The number of hydrogen-bond donors (Lipinski definition) is 4. The van der Waals surface area contributed by atoms with Crippen LogP contribution in [0, 0.1) is 0 Å². The maximum atomic E-state index is 11.4. The molecule has 4 N–H and O–H groups in total. The van der Waals surface area contributed by atoms with E-state index in [1.807, 2.05) is 47.4 Å². The van der Waals surface area contributed by atoms with Gasteiger partial charge in [0.1, 0.15) is 12.4 Å². The molecule has 162 valence electrons. The number of carbonyl (C=O) groups is 1. The number of aliphatic hydroxyl groups is 1. The van der Waals surface area contributed by atoms with Gasteiger partial charge < -0.3 is 20.1 Å². The molecular formula is C22H21N7O3. The predicted molar refractivity (Wildman–Crippen MR) is 120 cm³/mol. The second-order valence-corrected chi connectivity index (χ2v) is 7.27. The highest BCUT2D eigenvalue weighted by atomic mass is 16.5. The number of aromatic amines is 1. The molecule has 0 spiro atoms. The number of rotatable bonds is 7. The SMILES string of the molecule is O=C1Nc2ccc(Nc3nccc(N(CCCO)c4cccc5[nH]ncc45)n3)cc2CO1. The van der Waals surface area contributed by atoms with Crippen molar-refractivity contribution in [3.8, 4) is 0 Å². The van der Waals surface area contributed by atoms with Crippen molar-refractivity contribution < 1.29 is 14.6 Å². The van der Waals surface area contributed by atoms with E-state index in [-0.39, 0.29) is 13.2 Å². The summed E-state index contributed by atoms with van der Waals surface area (Å²) < 4.78 is 5.03. The quantitative estimate of drug-likeness (QED) is 0.349. The summed E-state index contributed by atoms with van der Waals surface area (Å²) >= 11 is 0. The highest BCUT2D eigenvalue weighted by molar-refractivity contribution is 5.93. The standard InChI is InChI=1S/C22H21N7O3/c30-10-2-9-29(19-4-1-3-18-16(19)12-24-28-18)20-7-8-23-21(27-20)25-15-5-6-17-14(11-15)13-32-22(31)26-17/h1,3-8,11-12,30H,2,9-10,13H2,(H,24,28)(H,26,31)(H,23,25,27). The first-order chi connectivity index (χ1) is 15.7. The van der Waals surface area contributed by atoms with Gasteiger partial charge in [-0.25, -0.2) is 9.78 Å². The summed E-state index contributed by atoms with van der Waals surface area (Å²) in [5.74, 6) is 1.12. The lowest BCUT2D eigenvalue weighted by Crippen LogP contribution is -2.21. The van der Waals surface area contributed by atoms with Crippen LogP contribution in [0.1, 0.15) is 12.0 Å². The van der Waals surface area contributed by atoms with Crippen molar-refractivity contribution in [3.05, 3.63) is 60.4 Å². The topological polar surface area (TPSA) is 128 Å². The Hall–Kier alpha value is -4.18. The maximum absolute atomic E-state index is 11.4. The fourth-order valence-electron chi connectivity index (χ4n) is 3.67. The Balaban J connectivity index is 1.45. The van der Waals surface area contributed by atoms with Crippen molar-refractivity contribution in [2.75, 3.05) is 28.7 Å². The number of nitrogens with one attached hydrogen (secondary N) is 3. The summed E-state index contributed by atoms with van der Waals surface area (Å²) in [6.45, 7) is 0.857. The number of ether oxygens (including phenoxy) is 1. The number of benzene rings is 2. The normalized spacial score (nSPS) is 12.7. The van der Waals surface area contributed by atoms with E-state index < -0.39 is 6.09 Å². The van der Waals surface area contributed by atoms with Gasteiger partial charge in [-0.2, -0.15) is 10.1 Å². The Morgan fingerprint density at radius 1 is 1.22 bits per heavy atom. The Kier molecular flexibility index (Phi) is 5.26. The Labute approximate surface area is 183 Å². The van der Waals surface area contributed by atoms with E-state index in [1.54, 1.807) is 12.4 Å². The maximum Gasteiger partial charge on any atom is 0.411 e. The summed E-state index contributed by atoms with van der Waals surface area (Å²) in [5, 5.41) is 23.4. The van der Waals surface area contributed by atoms with E-state index in [2.05, 4.69) is 25.8 Å². The fraction of sp³-hybridized carbons (Fsp3) is 0.182.